The van der Waals surface area contributed by atoms with E-state index in [0.29, 0.717) is 18.0 Å². The molecule has 0 aliphatic carbocycles. The van der Waals surface area contributed by atoms with Crippen LogP contribution < -0.4 is 5.32 Å². The van der Waals surface area contributed by atoms with Gasteiger partial charge in [0.05, 0.1) is 12.2 Å². The van der Waals surface area contributed by atoms with Crippen molar-refractivity contribution in [3.05, 3.63) is 23.3 Å². The van der Waals surface area contributed by atoms with Crippen LogP contribution in [0.15, 0.2) is 12.1 Å². The minimum absolute atomic E-state index is 0.299. The van der Waals surface area contributed by atoms with Crippen LogP contribution >= 0.6 is 0 Å². The molecule has 0 amide bonds. The number of aryl methyl sites for hydroxylation is 1. The zero-order chi connectivity index (χ0) is 12.4. The summed E-state index contributed by atoms with van der Waals surface area (Å²) in [5.41, 5.74) is 2.83. The second-order valence-electron chi connectivity index (χ2n) is 4.93. The third-order valence-electron chi connectivity index (χ3n) is 3.47. The number of hydrogen-bond acceptors (Lipinski definition) is 3. The van der Waals surface area contributed by atoms with Crippen LogP contribution in [-0.2, 0) is 4.74 Å². The second-order valence-corrected chi connectivity index (χ2v) is 4.93. The van der Waals surface area contributed by atoms with Crippen LogP contribution in [0, 0.1) is 13.8 Å². The first kappa shape index (κ1) is 12.2. The van der Waals surface area contributed by atoms with Crippen molar-refractivity contribution in [3.8, 4) is 5.75 Å². The van der Waals surface area contributed by atoms with Gasteiger partial charge in [-0.2, -0.15) is 0 Å². The van der Waals surface area contributed by atoms with Crippen LogP contribution in [0.25, 0.3) is 0 Å². The van der Waals surface area contributed by atoms with Gasteiger partial charge in [0.1, 0.15) is 5.75 Å². The van der Waals surface area contributed by atoms with Gasteiger partial charge in [0.2, 0.25) is 0 Å². The largest absolute Gasteiger partial charge is 0.507 e. The molecule has 1 saturated heterocycles. The molecule has 1 fully saturated rings. The van der Waals surface area contributed by atoms with E-state index in [4.69, 9.17) is 4.74 Å². The number of phenolic OH excluding ortho intramolecular Hbond substituents is 1. The quantitative estimate of drug-likeness (QED) is 0.846. The Morgan fingerprint density at radius 1 is 1.35 bits per heavy atom. The van der Waals surface area contributed by atoms with E-state index < -0.39 is 0 Å². The molecule has 1 aromatic carbocycles. The molecule has 1 aliphatic rings. The molecule has 1 heterocycles. The highest BCUT2D eigenvalue weighted by Gasteiger charge is 2.21. The Balaban J connectivity index is 1.97. The standard InChI is InChI=1S/C14H21NO2/c1-9-4-7-13(11(3)14(9)16)15-8-12-6-5-10(2)17-12/h4,7,10,12,15-16H,5-6,8H2,1-3H3. The lowest BCUT2D eigenvalue weighted by atomic mass is 10.1. The minimum Gasteiger partial charge on any atom is -0.507 e. The fraction of sp³-hybridized carbons (Fsp3) is 0.571. The van der Waals surface area contributed by atoms with Crippen LogP contribution in [0.3, 0.4) is 0 Å². The lowest BCUT2D eigenvalue weighted by Gasteiger charge is -2.16. The van der Waals surface area contributed by atoms with E-state index in [1.165, 1.54) is 0 Å². The number of anilines is 1. The Morgan fingerprint density at radius 3 is 2.76 bits per heavy atom. The van der Waals surface area contributed by atoms with Gasteiger partial charge < -0.3 is 15.2 Å². The summed E-state index contributed by atoms with van der Waals surface area (Å²) < 4.78 is 5.75. The van der Waals surface area contributed by atoms with Crippen molar-refractivity contribution in [1.82, 2.24) is 0 Å². The molecule has 2 atom stereocenters. The molecule has 1 aliphatic heterocycles. The van der Waals surface area contributed by atoms with E-state index in [1.54, 1.807) is 0 Å². The molecule has 3 nitrogen and oxygen atoms in total. The molecule has 2 rings (SSSR count). The second kappa shape index (κ2) is 4.96. The van der Waals surface area contributed by atoms with Gasteiger partial charge in [-0.1, -0.05) is 6.07 Å². The van der Waals surface area contributed by atoms with Crippen molar-refractivity contribution < 1.29 is 9.84 Å². The summed E-state index contributed by atoms with van der Waals surface area (Å²) in [4.78, 5) is 0. The number of benzene rings is 1. The Kier molecular flexibility index (Phi) is 3.57. The summed E-state index contributed by atoms with van der Waals surface area (Å²) in [6, 6.07) is 3.95. The topological polar surface area (TPSA) is 41.5 Å². The number of nitrogens with one attached hydrogen (secondary N) is 1. The van der Waals surface area contributed by atoms with Gasteiger partial charge in [0, 0.05) is 17.8 Å². The van der Waals surface area contributed by atoms with E-state index in [1.807, 2.05) is 26.0 Å². The molecule has 2 unspecified atom stereocenters. The summed E-state index contributed by atoms with van der Waals surface area (Å²) in [5, 5.41) is 13.2. The van der Waals surface area contributed by atoms with Gasteiger partial charge in [-0.25, -0.2) is 0 Å². The Morgan fingerprint density at radius 2 is 2.12 bits per heavy atom. The van der Waals surface area contributed by atoms with Crippen molar-refractivity contribution in [2.24, 2.45) is 0 Å². The van der Waals surface area contributed by atoms with Crippen LogP contribution in [0.1, 0.15) is 30.9 Å². The van der Waals surface area contributed by atoms with Crippen LogP contribution in [-0.4, -0.2) is 23.9 Å². The number of ether oxygens (including phenoxy) is 1. The third kappa shape index (κ3) is 2.72. The highest BCUT2D eigenvalue weighted by molar-refractivity contribution is 5.59. The maximum Gasteiger partial charge on any atom is 0.123 e. The molecule has 3 heteroatoms. The van der Waals surface area contributed by atoms with Crippen molar-refractivity contribution in [3.63, 3.8) is 0 Å². The molecule has 0 aromatic heterocycles. The fourth-order valence-electron chi connectivity index (χ4n) is 2.29. The number of rotatable bonds is 3. The van der Waals surface area contributed by atoms with Gasteiger partial charge >= 0.3 is 0 Å². The smallest absolute Gasteiger partial charge is 0.123 e. The predicted molar refractivity (Wildman–Crippen MR) is 69.6 cm³/mol. The lowest BCUT2D eigenvalue weighted by Crippen LogP contribution is -2.20. The molecular formula is C14H21NO2. The van der Waals surface area contributed by atoms with Crippen molar-refractivity contribution in [2.45, 2.75) is 45.8 Å². The van der Waals surface area contributed by atoms with Gasteiger partial charge in [0.15, 0.2) is 0 Å². The molecule has 0 saturated carbocycles. The van der Waals surface area contributed by atoms with Crippen LogP contribution in [0.2, 0.25) is 0 Å². The fourth-order valence-corrected chi connectivity index (χ4v) is 2.29. The highest BCUT2D eigenvalue weighted by Crippen LogP contribution is 2.28. The first-order valence-electron chi connectivity index (χ1n) is 6.26. The molecular weight excluding hydrogens is 214 g/mol. The molecule has 1 aromatic rings. The van der Waals surface area contributed by atoms with E-state index in [9.17, 15) is 5.11 Å². The van der Waals surface area contributed by atoms with Gasteiger partial charge in [-0.15, -0.1) is 0 Å². The lowest BCUT2D eigenvalue weighted by molar-refractivity contribution is 0.0637. The highest BCUT2D eigenvalue weighted by atomic mass is 16.5. The summed E-state index contributed by atoms with van der Waals surface area (Å²) in [6.45, 7) is 6.77. The molecule has 94 valence electrons. The number of hydrogen-bond donors (Lipinski definition) is 2. The summed E-state index contributed by atoms with van der Waals surface area (Å²) in [6.07, 6.45) is 2.94. The van der Waals surface area contributed by atoms with E-state index in [2.05, 4.69) is 12.2 Å². The van der Waals surface area contributed by atoms with E-state index >= 15 is 0 Å². The minimum atomic E-state index is 0.299. The zero-order valence-electron chi connectivity index (χ0n) is 10.8. The molecule has 0 radical (unpaired) electrons. The predicted octanol–water partition coefficient (Wildman–Crippen LogP) is 2.99. The monoisotopic (exact) mass is 235 g/mol. The number of phenols is 1. The van der Waals surface area contributed by atoms with Gasteiger partial charge in [-0.3, -0.25) is 0 Å². The van der Waals surface area contributed by atoms with Crippen LogP contribution in [0.4, 0.5) is 5.69 Å². The average Bonchev–Trinajstić information content (AvgIpc) is 2.71. The summed E-state index contributed by atoms with van der Waals surface area (Å²) in [7, 11) is 0. The molecule has 17 heavy (non-hydrogen) atoms. The van der Waals surface area contributed by atoms with E-state index in [0.717, 1.165) is 36.2 Å². The Labute approximate surface area is 103 Å². The van der Waals surface area contributed by atoms with Gasteiger partial charge in [0.25, 0.3) is 0 Å². The van der Waals surface area contributed by atoms with Crippen molar-refractivity contribution in [1.29, 1.82) is 0 Å². The molecule has 0 bridgehead atoms. The average molecular weight is 235 g/mol. The third-order valence-corrected chi connectivity index (χ3v) is 3.47. The van der Waals surface area contributed by atoms with E-state index in [-0.39, 0.29) is 0 Å². The normalized spacial score (nSPS) is 23.9. The maximum absolute atomic E-state index is 9.85. The summed E-state index contributed by atoms with van der Waals surface area (Å²) >= 11 is 0. The van der Waals surface area contributed by atoms with Crippen molar-refractivity contribution in [2.75, 3.05) is 11.9 Å². The summed E-state index contributed by atoms with van der Waals surface area (Å²) in [5.74, 6) is 0.385. The van der Waals surface area contributed by atoms with Crippen molar-refractivity contribution >= 4 is 5.69 Å². The Bertz CT molecular complexity index is 403. The Hall–Kier alpha value is -1.22. The first-order chi connectivity index (χ1) is 8.08. The zero-order valence-corrected chi connectivity index (χ0v) is 10.8. The molecule has 0 spiro atoms. The number of aromatic hydroxyl groups is 1. The van der Waals surface area contributed by atoms with Gasteiger partial charge in [-0.05, 0) is 45.2 Å². The SMILES string of the molecule is Cc1ccc(NCC2CCC(C)O2)c(C)c1O. The first-order valence-corrected chi connectivity index (χ1v) is 6.26. The van der Waals surface area contributed by atoms with Crippen LogP contribution in [0.5, 0.6) is 5.75 Å². The maximum atomic E-state index is 9.85. The molecule has 2 N–H and O–H groups in total.